The highest BCUT2D eigenvalue weighted by Gasteiger charge is 2.32. The van der Waals surface area contributed by atoms with Crippen molar-refractivity contribution in [3.05, 3.63) is 45.0 Å². The summed E-state index contributed by atoms with van der Waals surface area (Å²) in [7, 11) is 0. The SMILES string of the molecule is N#Cc1nc(C(Cl)=NNc2c(Cl)cc(C(F)(F)F)cc2Cl)[nH]c1C#N. The van der Waals surface area contributed by atoms with E-state index < -0.39 is 11.7 Å². The second-order valence-corrected chi connectivity index (χ2v) is 5.53. The van der Waals surface area contributed by atoms with Crippen molar-refractivity contribution >= 4 is 45.7 Å². The maximum Gasteiger partial charge on any atom is 0.416 e. The van der Waals surface area contributed by atoms with Crippen molar-refractivity contribution in [3.8, 4) is 12.1 Å². The number of benzene rings is 1. The molecule has 0 aliphatic rings. The van der Waals surface area contributed by atoms with E-state index in [1.54, 1.807) is 12.1 Å². The second-order valence-electron chi connectivity index (χ2n) is 4.36. The van der Waals surface area contributed by atoms with E-state index in [4.69, 9.17) is 45.3 Å². The van der Waals surface area contributed by atoms with Gasteiger partial charge in [-0.15, -0.1) is 0 Å². The lowest BCUT2D eigenvalue weighted by Crippen LogP contribution is -2.06. The number of nitriles is 2. The van der Waals surface area contributed by atoms with Crippen LogP contribution in [0.4, 0.5) is 18.9 Å². The third kappa shape index (κ3) is 4.15. The first-order valence-corrected chi connectivity index (χ1v) is 7.26. The van der Waals surface area contributed by atoms with E-state index in [0.717, 1.165) is 0 Å². The third-order valence-electron chi connectivity index (χ3n) is 2.75. The van der Waals surface area contributed by atoms with Gasteiger partial charge in [0.15, 0.2) is 22.4 Å². The maximum absolute atomic E-state index is 12.7. The summed E-state index contributed by atoms with van der Waals surface area (Å²) >= 11 is 17.4. The number of aromatic amines is 1. The number of alkyl halides is 3. The quantitative estimate of drug-likeness (QED) is 0.578. The Hall–Kier alpha value is -2.46. The van der Waals surface area contributed by atoms with Gasteiger partial charge in [-0.05, 0) is 12.1 Å². The van der Waals surface area contributed by atoms with E-state index in [-0.39, 0.29) is 38.1 Å². The molecule has 0 saturated heterocycles. The lowest BCUT2D eigenvalue weighted by atomic mass is 10.2. The van der Waals surface area contributed by atoms with Crippen LogP contribution in [0.2, 0.25) is 10.0 Å². The summed E-state index contributed by atoms with van der Waals surface area (Å²) in [5, 5.41) is 20.3. The first-order chi connectivity index (χ1) is 11.7. The molecule has 1 aromatic carbocycles. The molecule has 2 N–H and O–H groups in total. The smallest absolute Gasteiger partial charge is 0.326 e. The van der Waals surface area contributed by atoms with Crippen LogP contribution in [0.25, 0.3) is 0 Å². The molecule has 1 aromatic heterocycles. The Morgan fingerprint density at radius 1 is 1.20 bits per heavy atom. The summed E-state index contributed by atoms with van der Waals surface area (Å²) in [5.41, 5.74) is 0.893. The standard InChI is InChI=1S/C13H4Cl3F3N6/c14-6-1-5(13(17,18)19)2-7(15)10(6)24-25-11(16)12-22-8(3-20)9(4-21)23-12/h1-2,24H,(H,22,23). The average molecular weight is 408 g/mol. The molecule has 0 bridgehead atoms. The zero-order chi connectivity index (χ0) is 18.8. The molecule has 1 heterocycles. The largest absolute Gasteiger partial charge is 0.416 e. The highest BCUT2D eigenvalue weighted by Crippen LogP contribution is 2.38. The van der Waals surface area contributed by atoms with Crippen LogP contribution in [-0.4, -0.2) is 15.1 Å². The molecule has 2 aromatic rings. The number of rotatable bonds is 3. The van der Waals surface area contributed by atoms with E-state index in [1.807, 2.05) is 0 Å². The van der Waals surface area contributed by atoms with Crippen LogP contribution in [0.1, 0.15) is 22.8 Å². The van der Waals surface area contributed by atoms with Gasteiger partial charge in [0.2, 0.25) is 0 Å². The Kier molecular flexibility index (Phi) is 5.43. The number of hydrogen-bond donors (Lipinski definition) is 2. The Labute approximate surface area is 153 Å². The molecule has 0 aliphatic carbocycles. The summed E-state index contributed by atoms with van der Waals surface area (Å²) in [6.45, 7) is 0. The molecular weight excluding hydrogens is 404 g/mol. The monoisotopic (exact) mass is 406 g/mol. The number of hydrogen-bond acceptors (Lipinski definition) is 5. The van der Waals surface area contributed by atoms with Crippen LogP contribution in [0.15, 0.2) is 17.2 Å². The van der Waals surface area contributed by atoms with Crippen molar-refractivity contribution in [1.82, 2.24) is 9.97 Å². The zero-order valence-corrected chi connectivity index (χ0v) is 14.0. The van der Waals surface area contributed by atoms with Crippen LogP contribution < -0.4 is 5.43 Å². The predicted octanol–water partition coefficient (Wildman–Crippen LogP) is 4.49. The maximum atomic E-state index is 12.7. The summed E-state index contributed by atoms with van der Waals surface area (Å²) in [6, 6.07) is 4.75. The van der Waals surface area contributed by atoms with Crippen LogP contribution in [0.3, 0.4) is 0 Å². The molecule has 0 radical (unpaired) electrons. The minimum Gasteiger partial charge on any atom is -0.326 e. The van der Waals surface area contributed by atoms with Crippen LogP contribution in [0, 0.1) is 22.7 Å². The van der Waals surface area contributed by atoms with Crippen LogP contribution in [0.5, 0.6) is 0 Å². The number of imidazole rings is 1. The minimum absolute atomic E-state index is 0.0959. The number of nitrogens with one attached hydrogen (secondary N) is 2. The fourth-order valence-corrected chi connectivity index (χ4v) is 2.34. The number of nitrogens with zero attached hydrogens (tertiary/aromatic N) is 4. The number of hydrazone groups is 1. The molecule has 12 heteroatoms. The summed E-state index contributed by atoms with van der Waals surface area (Å²) < 4.78 is 38.0. The average Bonchev–Trinajstić information content (AvgIpc) is 2.96. The normalized spacial score (nSPS) is 11.8. The van der Waals surface area contributed by atoms with Crippen molar-refractivity contribution in [2.45, 2.75) is 6.18 Å². The highest BCUT2D eigenvalue weighted by atomic mass is 35.5. The van der Waals surface area contributed by atoms with Gasteiger partial charge in [0.05, 0.1) is 21.3 Å². The van der Waals surface area contributed by atoms with Gasteiger partial charge >= 0.3 is 6.18 Å². The van der Waals surface area contributed by atoms with E-state index in [9.17, 15) is 13.2 Å². The molecule has 0 spiro atoms. The molecule has 6 nitrogen and oxygen atoms in total. The number of anilines is 1. The van der Waals surface area contributed by atoms with E-state index in [0.29, 0.717) is 12.1 Å². The Bertz CT molecular complexity index is 881. The van der Waals surface area contributed by atoms with Crippen molar-refractivity contribution in [2.75, 3.05) is 5.43 Å². The van der Waals surface area contributed by atoms with Crippen molar-refractivity contribution in [3.63, 3.8) is 0 Å². The fraction of sp³-hybridized carbons (Fsp3) is 0.0769. The Morgan fingerprint density at radius 3 is 2.24 bits per heavy atom. The minimum atomic E-state index is -4.61. The first-order valence-electron chi connectivity index (χ1n) is 6.13. The summed E-state index contributed by atoms with van der Waals surface area (Å²) in [4.78, 5) is 6.21. The lowest BCUT2D eigenvalue weighted by Gasteiger charge is -2.11. The molecule has 0 amide bonds. The first kappa shape index (κ1) is 18.9. The van der Waals surface area contributed by atoms with Gasteiger partial charge in [-0.1, -0.05) is 34.8 Å². The van der Waals surface area contributed by atoms with Gasteiger partial charge in [0, 0.05) is 0 Å². The highest BCUT2D eigenvalue weighted by molar-refractivity contribution is 6.69. The lowest BCUT2D eigenvalue weighted by molar-refractivity contribution is -0.137. The Balaban J connectivity index is 2.32. The van der Waals surface area contributed by atoms with Gasteiger partial charge in [0.1, 0.15) is 12.1 Å². The summed E-state index contributed by atoms with van der Waals surface area (Å²) in [5.74, 6) is -0.0959. The van der Waals surface area contributed by atoms with E-state index in [1.165, 1.54) is 0 Å². The van der Waals surface area contributed by atoms with Gasteiger partial charge in [-0.25, -0.2) is 4.98 Å². The molecular formula is C13H4Cl3F3N6. The third-order valence-corrected chi connectivity index (χ3v) is 3.61. The van der Waals surface area contributed by atoms with E-state index in [2.05, 4.69) is 20.5 Å². The fourth-order valence-electron chi connectivity index (χ4n) is 1.63. The Morgan fingerprint density at radius 2 is 1.80 bits per heavy atom. The van der Waals surface area contributed by atoms with Gasteiger partial charge < -0.3 is 4.98 Å². The van der Waals surface area contributed by atoms with Crippen molar-refractivity contribution in [2.24, 2.45) is 5.10 Å². The number of H-pyrrole nitrogens is 1. The zero-order valence-electron chi connectivity index (χ0n) is 11.7. The van der Waals surface area contributed by atoms with Crippen LogP contribution in [-0.2, 0) is 6.18 Å². The topological polar surface area (TPSA) is 101 Å². The van der Waals surface area contributed by atoms with E-state index >= 15 is 0 Å². The molecule has 2 rings (SSSR count). The van der Waals surface area contributed by atoms with Crippen LogP contribution >= 0.6 is 34.8 Å². The van der Waals surface area contributed by atoms with Crippen molar-refractivity contribution in [1.29, 1.82) is 10.5 Å². The summed E-state index contributed by atoms with van der Waals surface area (Å²) in [6.07, 6.45) is -4.61. The molecule has 0 aliphatic heterocycles. The molecule has 0 saturated carbocycles. The molecule has 25 heavy (non-hydrogen) atoms. The molecule has 0 fully saturated rings. The van der Waals surface area contributed by atoms with Gasteiger partial charge in [0.25, 0.3) is 0 Å². The van der Waals surface area contributed by atoms with Crippen molar-refractivity contribution < 1.29 is 13.2 Å². The molecule has 0 unspecified atom stereocenters. The molecule has 128 valence electrons. The number of halogens is 6. The van der Waals surface area contributed by atoms with Gasteiger partial charge in [-0.3, -0.25) is 5.43 Å². The number of aromatic nitrogens is 2. The molecule has 0 atom stereocenters. The van der Waals surface area contributed by atoms with Gasteiger partial charge in [-0.2, -0.15) is 28.8 Å². The second kappa shape index (κ2) is 7.19. The predicted molar refractivity (Wildman–Crippen MR) is 85.5 cm³/mol.